The fourth-order valence-electron chi connectivity index (χ4n) is 4.81. The summed E-state index contributed by atoms with van der Waals surface area (Å²) in [6.07, 6.45) is 7.99. The molecule has 2 aliphatic carbocycles. The van der Waals surface area contributed by atoms with Crippen LogP contribution in [0.5, 0.6) is 11.6 Å². The van der Waals surface area contributed by atoms with Crippen molar-refractivity contribution in [3.8, 4) is 11.6 Å². The second kappa shape index (κ2) is 10.6. The van der Waals surface area contributed by atoms with Crippen molar-refractivity contribution in [2.75, 3.05) is 13.2 Å². The highest BCUT2D eigenvalue weighted by molar-refractivity contribution is 6.00. The van der Waals surface area contributed by atoms with Gasteiger partial charge in [0, 0.05) is 12.0 Å². The minimum Gasteiger partial charge on any atom is -0.489 e. The number of nitrogens with zero attached hydrogens (tertiary/aromatic N) is 3. The number of hydrogen-bond acceptors (Lipinski definition) is 8. The lowest BCUT2D eigenvalue weighted by Crippen LogP contribution is -2.39. The molecule has 1 amide bonds. The van der Waals surface area contributed by atoms with Crippen LogP contribution in [-0.4, -0.2) is 67.8 Å². The number of aromatic amines is 1. The van der Waals surface area contributed by atoms with Gasteiger partial charge in [-0.25, -0.2) is 14.4 Å². The largest absolute Gasteiger partial charge is 0.489 e. The van der Waals surface area contributed by atoms with Crippen molar-refractivity contribution >= 4 is 17.4 Å². The van der Waals surface area contributed by atoms with Gasteiger partial charge in [-0.1, -0.05) is 0 Å². The van der Waals surface area contributed by atoms with Crippen LogP contribution in [-0.2, 0) is 4.74 Å². The van der Waals surface area contributed by atoms with Crippen molar-refractivity contribution < 1.29 is 28.9 Å². The van der Waals surface area contributed by atoms with Gasteiger partial charge in [0.1, 0.15) is 24.0 Å². The Morgan fingerprint density at radius 3 is 2.58 bits per heavy atom. The van der Waals surface area contributed by atoms with E-state index in [0.717, 1.165) is 49.7 Å². The number of esters is 1. The number of carbonyl (C=O) groups excluding carboxylic acids is 2. The van der Waals surface area contributed by atoms with Crippen molar-refractivity contribution in [3.05, 3.63) is 41.3 Å². The Morgan fingerprint density at radius 1 is 1.13 bits per heavy atom. The number of rotatable bonds is 10. The first-order chi connectivity index (χ1) is 18.2. The van der Waals surface area contributed by atoms with Crippen LogP contribution >= 0.6 is 0 Å². The summed E-state index contributed by atoms with van der Waals surface area (Å²) in [7, 11) is 0. The first kappa shape index (κ1) is 26.0. The fourth-order valence-corrected chi connectivity index (χ4v) is 4.81. The van der Waals surface area contributed by atoms with E-state index in [-0.39, 0.29) is 36.8 Å². The average Bonchev–Trinajstić information content (AvgIpc) is 3.45. The Kier molecular flexibility index (Phi) is 7.29. The van der Waals surface area contributed by atoms with E-state index >= 15 is 0 Å². The van der Waals surface area contributed by atoms with Gasteiger partial charge >= 0.3 is 5.97 Å². The molecule has 0 aromatic carbocycles. The number of ether oxygens (including phenoxy) is 3. The van der Waals surface area contributed by atoms with Gasteiger partial charge in [0.25, 0.3) is 5.91 Å². The van der Waals surface area contributed by atoms with E-state index in [4.69, 9.17) is 14.2 Å². The summed E-state index contributed by atoms with van der Waals surface area (Å²) in [6.45, 7) is 5.61. The van der Waals surface area contributed by atoms with Crippen LogP contribution in [0.1, 0.15) is 91.6 Å². The molecule has 3 heterocycles. The van der Waals surface area contributed by atoms with Crippen molar-refractivity contribution in [1.82, 2.24) is 25.1 Å². The standard InChI is InChI=1S/C27H35N5O6/c1-4-36-26(34)20-13-28-31-25(20)38-18-9-7-17(8-10-18)30-24(33)19-14-29-32-21(19)11-12-22(23(32)16-5-6-16)37-15-27(2,3)35/h11-14,16-18,35H,4-10,15H2,1-3H3,(H,28,31)(H,30,33)/t17-,18-. The number of fused-ring (bicyclic) bond motifs is 1. The van der Waals surface area contributed by atoms with E-state index in [9.17, 15) is 14.7 Å². The smallest absolute Gasteiger partial charge is 0.345 e. The Morgan fingerprint density at radius 2 is 1.89 bits per heavy atom. The molecule has 0 bridgehead atoms. The van der Waals surface area contributed by atoms with Crippen LogP contribution < -0.4 is 14.8 Å². The third kappa shape index (κ3) is 5.77. The van der Waals surface area contributed by atoms with Gasteiger partial charge in [-0.15, -0.1) is 0 Å². The number of hydrogen-bond donors (Lipinski definition) is 3. The molecule has 0 atom stereocenters. The van der Waals surface area contributed by atoms with Gasteiger partial charge in [0.05, 0.1) is 41.4 Å². The molecule has 11 nitrogen and oxygen atoms in total. The Hall–Kier alpha value is -3.60. The lowest BCUT2D eigenvalue weighted by molar-refractivity contribution is 0.0279. The molecule has 2 saturated carbocycles. The normalized spacial score (nSPS) is 19.8. The van der Waals surface area contributed by atoms with E-state index in [1.165, 1.54) is 6.20 Å². The fraction of sp³-hybridized carbons (Fsp3) is 0.556. The van der Waals surface area contributed by atoms with Gasteiger partial charge in [0.15, 0.2) is 0 Å². The molecular formula is C27H35N5O6. The number of carbonyl (C=O) groups is 2. The molecule has 2 aliphatic rings. The molecule has 5 rings (SSSR count). The summed E-state index contributed by atoms with van der Waals surface area (Å²) < 4.78 is 18.8. The Balaban J connectivity index is 1.21. The SMILES string of the molecule is CCOC(=O)c1cn[nH]c1O[C@H]1CC[C@H](NC(=O)c2cnn3c(C4CC4)c(OCC(C)(C)O)ccc23)CC1. The zero-order valence-electron chi connectivity index (χ0n) is 22.0. The molecule has 0 saturated heterocycles. The molecule has 0 spiro atoms. The van der Waals surface area contributed by atoms with E-state index in [2.05, 4.69) is 20.6 Å². The molecule has 0 unspecified atom stereocenters. The number of aliphatic hydroxyl groups is 1. The van der Waals surface area contributed by atoms with Gasteiger partial charge < -0.3 is 24.6 Å². The number of H-pyrrole nitrogens is 1. The van der Waals surface area contributed by atoms with Crippen molar-refractivity contribution in [1.29, 1.82) is 0 Å². The van der Waals surface area contributed by atoms with Gasteiger partial charge in [-0.3, -0.25) is 4.79 Å². The predicted molar refractivity (Wildman–Crippen MR) is 138 cm³/mol. The Labute approximate surface area is 220 Å². The molecule has 11 heteroatoms. The van der Waals surface area contributed by atoms with Crippen LogP contribution in [0.2, 0.25) is 0 Å². The molecule has 0 radical (unpaired) electrons. The number of nitrogens with one attached hydrogen (secondary N) is 2. The van der Waals surface area contributed by atoms with E-state index in [1.54, 1.807) is 27.0 Å². The molecule has 38 heavy (non-hydrogen) atoms. The maximum atomic E-state index is 13.2. The van der Waals surface area contributed by atoms with E-state index in [1.807, 2.05) is 16.6 Å². The summed E-state index contributed by atoms with van der Waals surface area (Å²) in [5.74, 6) is 0.722. The lowest BCUT2D eigenvalue weighted by Gasteiger charge is -2.29. The van der Waals surface area contributed by atoms with Crippen molar-refractivity contribution in [2.45, 2.75) is 83.0 Å². The highest BCUT2D eigenvalue weighted by Gasteiger charge is 2.32. The summed E-state index contributed by atoms with van der Waals surface area (Å²) >= 11 is 0. The van der Waals surface area contributed by atoms with Crippen LogP contribution in [0.3, 0.4) is 0 Å². The van der Waals surface area contributed by atoms with Crippen molar-refractivity contribution in [2.24, 2.45) is 0 Å². The molecule has 3 aromatic heterocycles. The van der Waals surface area contributed by atoms with Crippen LogP contribution in [0.4, 0.5) is 0 Å². The number of amides is 1. The van der Waals surface area contributed by atoms with E-state index in [0.29, 0.717) is 23.1 Å². The van der Waals surface area contributed by atoms with Crippen molar-refractivity contribution in [3.63, 3.8) is 0 Å². The van der Waals surface area contributed by atoms with E-state index < -0.39 is 11.6 Å². The average molecular weight is 526 g/mol. The third-order valence-corrected chi connectivity index (χ3v) is 6.86. The molecular weight excluding hydrogens is 490 g/mol. The lowest BCUT2D eigenvalue weighted by atomic mass is 9.92. The highest BCUT2D eigenvalue weighted by Crippen LogP contribution is 2.44. The molecule has 2 fully saturated rings. The van der Waals surface area contributed by atoms with Gasteiger partial charge in [0.2, 0.25) is 5.88 Å². The van der Waals surface area contributed by atoms with Crippen LogP contribution in [0, 0.1) is 0 Å². The maximum absolute atomic E-state index is 13.2. The number of pyridine rings is 1. The zero-order valence-corrected chi connectivity index (χ0v) is 22.0. The Bertz CT molecular complexity index is 1300. The third-order valence-electron chi connectivity index (χ3n) is 6.86. The first-order valence-corrected chi connectivity index (χ1v) is 13.3. The van der Waals surface area contributed by atoms with Crippen LogP contribution in [0.25, 0.3) is 5.52 Å². The maximum Gasteiger partial charge on any atom is 0.345 e. The monoisotopic (exact) mass is 525 g/mol. The van der Waals surface area contributed by atoms with Crippen LogP contribution in [0.15, 0.2) is 24.5 Å². The predicted octanol–water partition coefficient (Wildman–Crippen LogP) is 3.38. The topological polar surface area (TPSA) is 140 Å². The first-order valence-electron chi connectivity index (χ1n) is 13.3. The minimum atomic E-state index is -0.948. The van der Waals surface area contributed by atoms with Gasteiger partial charge in [-0.05, 0) is 71.4 Å². The second-order valence-corrected chi connectivity index (χ2v) is 10.7. The second-order valence-electron chi connectivity index (χ2n) is 10.7. The van der Waals surface area contributed by atoms with Gasteiger partial charge in [-0.2, -0.15) is 10.2 Å². The molecule has 3 aromatic rings. The molecule has 204 valence electrons. The molecule has 0 aliphatic heterocycles. The quantitative estimate of drug-likeness (QED) is 0.342. The minimum absolute atomic E-state index is 0.0147. The summed E-state index contributed by atoms with van der Waals surface area (Å²) in [5, 5.41) is 24.4. The number of aromatic nitrogens is 4. The zero-order chi connectivity index (χ0) is 26.9. The highest BCUT2D eigenvalue weighted by atomic mass is 16.5. The molecule has 3 N–H and O–H groups in total. The summed E-state index contributed by atoms with van der Waals surface area (Å²) in [6, 6.07) is 3.74. The summed E-state index contributed by atoms with van der Waals surface area (Å²) in [4.78, 5) is 25.3. The summed E-state index contributed by atoms with van der Waals surface area (Å²) in [5.41, 5.74) is 1.55.